The fraction of sp³-hybridized carbons (Fsp3) is 0.533. The first-order chi connectivity index (χ1) is 9.10. The van der Waals surface area contributed by atoms with Crippen LogP contribution in [0.25, 0.3) is 0 Å². The van der Waals surface area contributed by atoms with Crippen LogP contribution in [0.1, 0.15) is 41.6 Å². The van der Waals surface area contributed by atoms with Gasteiger partial charge >= 0.3 is 0 Å². The molecule has 0 aromatic heterocycles. The number of benzene rings is 1. The number of hydrogen-bond acceptors (Lipinski definition) is 2. The van der Waals surface area contributed by atoms with E-state index in [0.29, 0.717) is 11.3 Å². The summed E-state index contributed by atoms with van der Waals surface area (Å²) in [7, 11) is 0. The molecular formula is C15H20BrNOS. The molecule has 0 spiro atoms. The quantitative estimate of drug-likeness (QED) is 0.894. The Balaban J connectivity index is 2.00. The third-order valence-corrected chi connectivity index (χ3v) is 5.41. The molecule has 1 fully saturated rings. The first kappa shape index (κ1) is 14.9. The van der Waals surface area contributed by atoms with Gasteiger partial charge in [-0.15, -0.1) is 0 Å². The number of halogens is 1. The zero-order valence-electron chi connectivity index (χ0n) is 11.4. The van der Waals surface area contributed by atoms with Gasteiger partial charge in [-0.05, 0) is 66.1 Å². The topological polar surface area (TPSA) is 29.1 Å². The first-order valence-electron chi connectivity index (χ1n) is 6.70. The molecule has 1 aliphatic rings. The van der Waals surface area contributed by atoms with Gasteiger partial charge in [-0.3, -0.25) is 4.79 Å². The highest BCUT2D eigenvalue weighted by atomic mass is 79.9. The highest BCUT2D eigenvalue weighted by Crippen LogP contribution is 2.27. The molecule has 0 heterocycles. The Kier molecular flexibility index (Phi) is 5.34. The van der Waals surface area contributed by atoms with Crippen LogP contribution in [0.2, 0.25) is 0 Å². The monoisotopic (exact) mass is 341 g/mol. The van der Waals surface area contributed by atoms with Gasteiger partial charge in [0, 0.05) is 15.8 Å². The van der Waals surface area contributed by atoms with E-state index in [1.165, 1.54) is 12.8 Å². The van der Waals surface area contributed by atoms with Gasteiger partial charge < -0.3 is 5.32 Å². The lowest BCUT2D eigenvalue weighted by Gasteiger charge is -2.28. The number of carbonyl (C=O) groups excluding carboxylic acids is 1. The second-order valence-electron chi connectivity index (χ2n) is 5.18. The van der Waals surface area contributed by atoms with Crippen molar-refractivity contribution in [3.8, 4) is 0 Å². The van der Waals surface area contributed by atoms with Crippen molar-refractivity contribution in [2.24, 2.45) is 0 Å². The van der Waals surface area contributed by atoms with Crippen molar-refractivity contribution in [1.82, 2.24) is 5.32 Å². The highest BCUT2D eigenvalue weighted by molar-refractivity contribution is 9.10. The second kappa shape index (κ2) is 6.80. The van der Waals surface area contributed by atoms with Crippen LogP contribution in [0.4, 0.5) is 0 Å². The molecule has 2 nitrogen and oxygen atoms in total. The zero-order chi connectivity index (χ0) is 13.8. The fourth-order valence-electron chi connectivity index (χ4n) is 2.56. The molecular weight excluding hydrogens is 322 g/mol. The van der Waals surface area contributed by atoms with E-state index < -0.39 is 0 Å². The van der Waals surface area contributed by atoms with E-state index >= 15 is 0 Å². The molecule has 19 heavy (non-hydrogen) atoms. The molecule has 2 rings (SSSR count). The number of nitrogens with one attached hydrogen (secondary N) is 1. The van der Waals surface area contributed by atoms with E-state index in [1.807, 2.05) is 36.9 Å². The minimum absolute atomic E-state index is 0.0404. The summed E-state index contributed by atoms with van der Waals surface area (Å²) in [4.78, 5) is 12.3. The van der Waals surface area contributed by atoms with Crippen molar-refractivity contribution in [2.45, 2.75) is 43.9 Å². The smallest absolute Gasteiger partial charge is 0.252 e. The van der Waals surface area contributed by atoms with E-state index in [4.69, 9.17) is 0 Å². The summed E-state index contributed by atoms with van der Waals surface area (Å²) in [5.74, 6) is 0.0404. The fourth-order valence-corrected chi connectivity index (χ4v) is 4.06. The number of hydrogen-bond donors (Lipinski definition) is 1. The zero-order valence-corrected chi connectivity index (χ0v) is 13.8. The maximum atomic E-state index is 12.3. The van der Waals surface area contributed by atoms with E-state index in [0.717, 1.165) is 28.4 Å². The average Bonchev–Trinajstić information content (AvgIpc) is 2.38. The lowest BCUT2D eigenvalue weighted by molar-refractivity contribution is 0.0927. The summed E-state index contributed by atoms with van der Waals surface area (Å²) in [6, 6.07) is 6.18. The van der Waals surface area contributed by atoms with E-state index in [-0.39, 0.29) is 5.91 Å². The van der Waals surface area contributed by atoms with Crippen LogP contribution in [0.3, 0.4) is 0 Å². The average molecular weight is 342 g/mol. The first-order valence-corrected chi connectivity index (χ1v) is 8.78. The minimum Gasteiger partial charge on any atom is -0.349 e. The summed E-state index contributed by atoms with van der Waals surface area (Å²) in [6.07, 6.45) is 6.85. The number of thioether (sulfide) groups is 1. The number of amides is 1. The molecule has 0 bridgehead atoms. The molecule has 1 amide bonds. The molecule has 0 saturated heterocycles. The Hall–Kier alpha value is -0.480. The summed E-state index contributed by atoms with van der Waals surface area (Å²) in [5.41, 5.74) is 1.89. The van der Waals surface area contributed by atoms with Gasteiger partial charge in [0.1, 0.15) is 0 Å². The van der Waals surface area contributed by atoms with E-state index in [2.05, 4.69) is 27.5 Å². The number of aryl methyl sites for hydroxylation is 1. The van der Waals surface area contributed by atoms with Crippen molar-refractivity contribution in [3.05, 3.63) is 33.8 Å². The van der Waals surface area contributed by atoms with Gasteiger partial charge in [-0.25, -0.2) is 0 Å². The van der Waals surface area contributed by atoms with Gasteiger partial charge in [0.05, 0.1) is 5.56 Å². The molecule has 1 N–H and O–H groups in total. The Bertz CT molecular complexity index is 463. The molecule has 1 saturated carbocycles. The van der Waals surface area contributed by atoms with Crippen LogP contribution in [0.15, 0.2) is 22.7 Å². The third-order valence-electron chi connectivity index (χ3n) is 3.66. The SMILES string of the molecule is CSC1CCCC(NC(=O)c2ccc(C)cc2Br)C1. The maximum absolute atomic E-state index is 12.3. The highest BCUT2D eigenvalue weighted by Gasteiger charge is 2.23. The lowest BCUT2D eigenvalue weighted by atomic mass is 9.94. The molecule has 104 valence electrons. The molecule has 2 atom stereocenters. The normalized spacial score (nSPS) is 23.1. The van der Waals surface area contributed by atoms with E-state index in [9.17, 15) is 4.79 Å². The summed E-state index contributed by atoms with van der Waals surface area (Å²) in [6.45, 7) is 2.02. The maximum Gasteiger partial charge on any atom is 0.252 e. The van der Waals surface area contributed by atoms with Crippen molar-refractivity contribution >= 4 is 33.6 Å². The summed E-state index contributed by atoms with van der Waals surface area (Å²) >= 11 is 5.39. The number of carbonyl (C=O) groups is 1. The molecule has 1 aliphatic carbocycles. The Morgan fingerprint density at radius 1 is 1.42 bits per heavy atom. The van der Waals surface area contributed by atoms with Gasteiger partial charge in [0.25, 0.3) is 5.91 Å². The standard InChI is InChI=1S/C15H20BrNOS/c1-10-6-7-13(14(16)8-10)15(18)17-11-4-3-5-12(9-11)19-2/h6-8,11-12H,3-5,9H2,1-2H3,(H,17,18). The van der Waals surface area contributed by atoms with Crippen LogP contribution in [-0.4, -0.2) is 23.5 Å². The van der Waals surface area contributed by atoms with Crippen LogP contribution in [-0.2, 0) is 0 Å². The Morgan fingerprint density at radius 2 is 2.21 bits per heavy atom. The van der Waals surface area contributed by atoms with Crippen LogP contribution in [0, 0.1) is 6.92 Å². The van der Waals surface area contributed by atoms with Gasteiger partial charge in [-0.2, -0.15) is 11.8 Å². The van der Waals surface area contributed by atoms with Crippen molar-refractivity contribution in [1.29, 1.82) is 0 Å². The summed E-state index contributed by atoms with van der Waals surface area (Å²) < 4.78 is 0.877. The molecule has 0 aliphatic heterocycles. The van der Waals surface area contributed by atoms with Gasteiger partial charge in [0.15, 0.2) is 0 Å². The van der Waals surface area contributed by atoms with Gasteiger partial charge in [0.2, 0.25) is 0 Å². The van der Waals surface area contributed by atoms with Crippen LogP contribution < -0.4 is 5.32 Å². The number of rotatable bonds is 3. The minimum atomic E-state index is 0.0404. The molecule has 1 aromatic carbocycles. The van der Waals surface area contributed by atoms with Gasteiger partial charge in [-0.1, -0.05) is 12.5 Å². The molecule has 0 radical (unpaired) electrons. The lowest BCUT2D eigenvalue weighted by Crippen LogP contribution is -2.39. The second-order valence-corrected chi connectivity index (χ2v) is 7.17. The largest absolute Gasteiger partial charge is 0.349 e. The molecule has 4 heteroatoms. The molecule has 1 aromatic rings. The predicted octanol–water partition coefficient (Wildman–Crippen LogP) is 4.16. The molecule has 2 unspecified atom stereocenters. The van der Waals surface area contributed by atoms with E-state index in [1.54, 1.807) is 0 Å². The third kappa shape index (κ3) is 3.99. The Morgan fingerprint density at radius 3 is 2.89 bits per heavy atom. The van der Waals surface area contributed by atoms with Crippen molar-refractivity contribution in [2.75, 3.05) is 6.26 Å². The van der Waals surface area contributed by atoms with Crippen LogP contribution in [0.5, 0.6) is 0 Å². The van der Waals surface area contributed by atoms with Crippen molar-refractivity contribution < 1.29 is 4.79 Å². The van der Waals surface area contributed by atoms with Crippen LogP contribution >= 0.6 is 27.7 Å². The summed E-state index contributed by atoms with van der Waals surface area (Å²) in [5, 5.41) is 3.87. The predicted molar refractivity (Wildman–Crippen MR) is 85.9 cm³/mol. The Labute approximate surface area is 127 Å². The van der Waals surface area contributed by atoms with Crippen molar-refractivity contribution in [3.63, 3.8) is 0 Å².